The minimum Gasteiger partial charge on any atom is -0.323 e. The average molecular weight is 257 g/mol. The van der Waals surface area contributed by atoms with E-state index in [1.807, 2.05) is 6.07 Å². The Bertz CT molecular complexity index is 214. The van der Waals surface area contributed by atoms with E-state index in [2.05, 4.69) is 28.9 Å². The van der Waals surface area contributed by atoms with Crippen molar-refractivity contribution in [3.63, 3.8) is 0 Å². The van der Waals surface area contributed by atoms with Crippen LogP contribution >= 0.6 is 39.7 Å². The summed E-state index contributed by atoms with van der Waals surface area (Å²) in [5, 5.41) is 0. The van der Waals surface area contributed by atoms with Crippen molar-refractivity contribution in [2.24, 2.45) is 5.73 Å². The Hall–Kier alpha value is 0.430. The second-order valence-electron chi connectivity index (χ2n) is 2.16. The lowest BCUT2D eigenvalue weighted by atomic mass is 10.2. The highest BCUT2D eigenvalue weighted by Crippen LogP contribution is 2.27. The van der Waals surface area contributed by atoms with Crippen LogP contribution in [0, 0.1) is 0 Å². The first kappa shape index (κ1) is 11.4. The second-order valence-corrected chi connectivity index (χ2v) is 4.65. The van der Waals surface area contributed by atoms with Crippen LogP contribution in [0.15, 0.2) is 15.9 Å². The van der Waals surface area contributed by atoms with Gasteiger partial charge in [0.1, 0.15) is 0 Å². The molecule has 1 aromatic heterocycles. The van der Waals surface area contributed by atoms with Crippen molar-refractivity contribution in [2.75, 3.05) is 0 Å². The molecule has 0 aliphatic heterocycles. The molecule has 0 spiro atoms. The van der Waals surface area contributed by atoms with Gasteiger partial charge in [0, 0.05) is 10.9 Å². The van der Waals surface area contributed by atoms with Gasteiger partial charge in [-0.3, -0.25) is 0 Å². The van der Waals surface area contributed by atoms with Gasteiger partial charge in [0.15, 0.2) is 0 Å². The van der Waals surface area contributed by atoms with E-state index in [1.54, 1.807) is 11.3 Å². The smallest absolute Gasteiger partial charge is 0.0701 e. The molecule has 0 aliphatic rings. The average Bonchev–Trinajstić information content (AvgIpc) is 2.34. The summed E-state index contributed by atoms with van der Waals surface area (Å²) in [4.78, 5) is 1.26. The Morgan fingerprint density at radius 1 is 1.64 bits per heavy atom. The van der Waals surface area contributed by atoms with Crippen molar-refractivity contribution < 1.29 is 0 Å². The molecule has 0 fully saturated rings. The molecule has 1 aromatic rings. The third-order valence-corrected chi connectivity index (χ3v) is 3.15. The highest BCUT2D eigenvalue weighted by molar-refractivity contribution is 9.11. The molecular weight excluding hydrogens is 246 g/mol. The number of hydrogen-bond donors (Lipinski definition) is 1. The molecule has 0 aliphatic carbocycles. The predicted molar refractivity (Wildman–Crippen MR) is 56.5 cm³/mol. The van der Waals surface area contributed by atoms with E-state index < -0.39 is 0 Å². The largest absolute Gasteiger partial charge is 0.323 e. The van der Waals surface area contributed by atoms with Crippen molar-refractivity contribution >= 4 is 39.7 Å². The third-order valence-electron chi connectivity index (χ3n) is 1.40. The minimum atomic E-state index is 0. The molecule has 1 heterocycles. The normalized spacial score (nSPS) is 12.3. The zero-order valence-electron chi connectivity index (χ0n) is 6.21. The molecule has 0 saturated heterocycles. The van der Waals surface area contributed by atoms with Crippen LogP contribution < -0.4 is 5.73 Å². The molecule has 0 bridgehead atoms. The Labute approximate surface area is 85.5 Å². The topological polar surface area (TPSA) is 26.0 Å². The van der Waals surface area contributed by atoms with Crippen LogP contribution in [0.2, 0.25) is 0 Å². The molecule has 11 heavy (non-hydrogen) atoms. The van der Waals surface area contributed by atoms with E-state index in [0.29, 0.717) is 0 Å². The van der Waals surface area contributed by atoms with E-state index in [-0.39, 0.29) is 18.4 Å². The minimum absolute atomic E-state index is 0. The van der Waals surface area contributed by atoms with Crippen LogP contribution in [-0.4, -0.2) is 0 Å². The summed E-state index contributed by atoms with van der Waals surface area (Å²) in [6.45, 7) is 2.10. The summed E-state index contributed by atoms with van der Waals surface area (Å²) >= 11 is 5.10. The fourth-order valence-corrected chi connectivity index (χ4v) is 2.24. The van der Waals surface area contributed by atoms with Gasteiger partial charge in [-0.2, -0.15) is 0 Å². The molecule has 1 nitrogen and oxygen atoms in total. The molecule has 4 heteroatoms. The molecule has 0 radical (unpaired) electrons. The van der Waals surface area contributed by atoms with E-state index in [0.717, 1.165) is 10.2 Å². The van der Waals surface area contributed by atoms with E-state index in [9.17, 15) is 0 Å². The molecule has 1 atom stereocenters. The van der Waals surface area contributed by atoms with Gasteiger partial charge >= 0.3 is 0 Å². The number of rotatable bonds is 2. The first-order valence-electron chi connectivity index (χ1n) is 3.25. The highest BCUT2D eigenvalue weighted by Gasteiger charge is 2.04. The van der Waals surface area contributed by atoms with Gasteiger partial charge in [-0.05, 0) is 34.5 Å². The Balaban J connectivity index is 0.000001000. The Morgan fingerprint density at radius 2 is 2.27 bits per heavy atom. The summed E-state index contributed by atoms with van der Waals surface area (Å²) in [5.74, 6) is 0. The maximum Gasteiger partial charge on any atom is 0.0701 e. The number of halogens is 2. The van der Waals surface area contributed by atoms with Crippen molar-refractivity contribution in [2.45, 2.75) is 19.4 Å². The molecule has 0 aromatic carbocycles. The third kappa shape index (κ3) is 3.11. The van der Waals surface area contributed by atoms with Crippen molar-refractivity contribution in [3.8, 4) is 0 Å². The fourth-order valence-electron chi connectivity index (χ4n) is 0.729. The van der Waals surface area contributed by atoms with Gasteiger partial charge in [-0.1, -0.05) is 6.92 Å². The van der Waals surface area contributed by atoms with Gasteiger partial charge in [0.05, 0.1) is 3.79 Å². The van der Waals surface area contributed by atoms with Gasteiger partial charge in [-0.15, -0.1) is 23.7 Å². The van der Waals surface area contributed by atoms with E-state index >= 15 is 0 Å². The first-order valence-corrected chi connectivity index (χ1v) is 4.85. The van der Waals surface area contributed by atoms with Crippen LogP contribution in [0.3, 0.4) is 0 Å². The van der Waals surface area contributed by atoms with E-state index in [4.69, 9.17) is 5.73 Å². The number of thiophene rings is 1. The summed E-state index contributed by atoms with van der Waals surface area (Å²) in [7, 11) is 0. The van der Waals surface area contributed by atoms with Gasteiger partial charge in [-0.25, -0.2) is 0 Å². The van der Waals surface area contributed by atoms with Crippen LogP contribution in [-0.2, 0) is 0 Å². The van der Waals surface area contributed by atoms with Crippen molar-refractivity contribution in [3.05, 3.63) is 20.8 Å². The van der Waals surface area contributed by atoms with Gasteiger partial charge < -0.3 is 5.73 Å². The number of hydrogen-bond acceptors (Lipinski definition) is 2. The lowest BCUT2D eigenvalue weighted by Crippen LogP contribution is -2.05. The standard InChI is InChI=1S/C7H10BrNS.ClH/c1-2-5(9)6-3-4-7(8)10-6;/h3-5H,2,9H2,1H3;1H/t5-;/m1./s1. The highest BCUT2D eigenvalue weighted by atomic mass is 79.9. The summed E-state index contributed by atoms with van der Waals surface area (Å²) in [5.41, 5.74) is 5.80. The van der Waals surface area contributed by atoms with Crippen molar-refractivity contribution in [1.82, 2.24) is 0 Å². The fraction of sp³-hybridized carbons (Fsp3) is 0.429. The maximum absolute atomic E-state index is 5.80. The SMILES string of the molecule is CC[C@@H](N)c1ccc(Br)s1.Cl. The molecule has 0 amide bonds. The quantitative estimate of drug-likeness (QED) is 0.863. The van der Waals surface area contributed by atoms with Crippen LogP contribution in [0.25, 0.3) is 0 Å². The first-order chi connectivity index (χ1) is 4.74. The van der Waals surface area contributed by atoms with Crippen LogP contribution in [0.4, 0.5) is 0 Å². The van der Waals surface area contributed by atoms with Gasteiger partial charge in [0.25, 0.3) is 0 Å². The summed E-state index contributed by atoms with van der Waals surface area (Å²) < 4.78 is 1.16. The summed E-state index contributed by atoms with van der Waals surface area (Å²) in [6, 6.07) is 4.33. The van der Waals surface area contributed by atoms with Gasteiger partial charge in [0.2, 0.25) is 0 Å². The van der Waals surface area contributed by atoms with Crippen molar-refractivity contribution in [1.29, 1.82) is 0 Å². The molecule has 2 N–H and O–H groups in total. The lowest BCUT2D eigenvalue weighted by molar-refractivity contribution is 0.712. The molecule has 0 unspecified atom stereocenters. The molecule has 0 saturated carbocycles. The lowest BCUT2D eigenvalue weighted by Gasteiger charge is -2.02. The molecular formula is C7H11BrClNS. The summed E-state index contributed by atoms with van der Waals surface area (Å²) in [6.07, 6.45) is 1.01. The zero-order chi connectivity index (χ0) is 7.56. The Morgan fingerprint density at radius 3 is 2.64 bits per heavy atom. The van der Waals surface area contributed by atoms with E-state index in [1.165, 1.54) is 4.88 Å². The molecule has 1 rings (SSSR count). The maximum atomic E-state index is 5.80. The predicted octanol–water partition coefficient (Wildman–Crippen LogP) is 3.34. The zero-order valence-corrected chi connectivity index (χ0v) is 9.43. The Kier molecular flexibility index (Phi) is 5.34. The number of nitrogens with two attached hydrogens (primary N) is 1. The monoisotopic (exact) mass is 255 g/mol. The molecule has 64 valence electrons. The van der Waals surface area contributed by atoms with Crippen LogP contribution in [0.1, 0.15) is 24.3 Å². The van der Waals surface area contributed by atoms with Crippen LogP contribution in [0.5, 0.6) is 0 Å². The second kappa shape index (κ2) is 5.14.